The highest BCUT2D eigenvalue weighted by Gasteiger charge is 2.24. The number of thioether (sulfide) groups is 1. The van der Waals surface area contributed by atoms with Crippen LogP contribution in [-0.4, -0.2) is 48.6 Å². The summed E-state index contributed by atoms with van der Waals surface area (Å²) in [6, 6.07) is 0.247. The Bertz CT molecular complexity index is 486. The third-order valence-electron chi connectivity index (χ3n) is 2.50. The van der Waals surface area contributed by atoms with Crippen LogP contribution in [0, 0.1) is 0 Å². The normalized spacial score (nSPS) is 14.4. The highest BCUT2D eigenvalue weighted by molar-refractivity contribution is 7.99. The Hall–Kier alpha value is -1.61. The number of aromatic nitrogens is 3. The lowest BCUT2D eigenvalue weighted by molar-refractivity contribution is -0.133. The van der Waals surface area contributed by atoms with E-state index in [1.165, 1.54) is 4.57 Å². The van der Waals surface area contributed by atoms with Crippen molar-refractivity contribution in [2.24, 2.45) is 0 Å². The number of carbonyl (C=O) groups excluding carboxylic acids is 1. The minimum absolute atomic E-state index is 0.0126. The number of carboxylic acid groups (broad SMARTS) is 1. The Morgan fingerprint density at radius 2 is 2.16 bits per heavy atom. The smallest absolute Gasteiger partial charge is 0.313 e. The maximum atomic E-state index is 11.7. The summed E-state index contributed by atoms with van der Waals surface area (Å²) in [7, 11) is 0. The molecule has 0 spiro atoms. The van der Waals surface area contributed by atoms with Crippen molar-refractivity contribution in [1.82, 2.24) is 20.1 Å². The average molecular weight is 286 g/mol. The molecular weight excluding hydrogens is 272 g/mol. The highest BCUT2D eigenvalue weighted by Crippen LogP contribution is 2.20. The molecule has 0 radical (unpaired) electrons. The topological polar surface area (TPSA) is 117 Å². The van der Waals surface area contributed by atoms with Gasteiger partial charge in [-0.25, -0.2) is 0 Å². The molecule has 1 saturated carbocycles. The first-order valence-corrected chi connectivity index (χ1v) is 6.75. The molecule has 104 valence electrons. The summed E-state index contributed by atoms with van der Waals surface area (Å²) < 4.78 is 1.44. The van der Waals surface area contributed by atoms with E-state index < -0.39 is 5.97 Å². The maximum Gasteiger partial charge on any atom is 0.313 e. The van der Waals surface area contributed by atoms with Gasteiger partial charge < -0.3 is 15.5 Å². The van der Waals surface area contributed by atoms with Gasteiger partial charge in [-0.1, -0.05) is 11.8 Å². The van der Waals surface area contributed by atoms with Crippen LogP contribution in [0.1, 0.15) is 18.7 Å². The minimum Gasteiger partial charge on any atom is -0.481 e. The van der Waals surface area contributed by atoms with E-state index in [1.54, 1.807) is 0 Å². The number of carbonyl (C=O) groups is 2. The van der Waals surface area contributed by atoms with Crippen molar-refractivity contribution in [2.75, 3.05) is 5.75 Å². The average Bonchev–Trinajstić information content (AvgIpc) is 3.07. The fraction of sp³-hybridized carbons (Fsp3) is 0.600. The van der Waals surface area contributed by atoms with Gasteiger partial charge >= 0.3 is 5.97 Å². The standard InChI is InChI=1S/C10H14N4O4S/c15-4-7-12-13-10(19-5-9(17)18)14(7)3-8(16)11-6-1-2-6/h6,15H,1-5H2,(H,11,16)(H,17,18). The van der Waals surface area contributed by atoms with Gasteiger partial charge in [0.1, 0.15) is 13.2 Å². The molecule has 0 unspecified atom stereocenters. The van der Waals surface area contributed by atoms with Crippen molar-refractivity contribution in [3.63, 3.8) is 0 Å². The van der Waals surface area contributed by atoms with E-state index in [1.807, 2.05) is 0 Å². The molecule has 0 bridgehead atoms. The third kappa shape index (κ3) is 3.93. The SMILES string of the molecule is O=C(O)CSc1nnc(CO)n1CC(=O)NC1CC1. The van der Waals surface area contributed by atoms with E-state index in [9.17, 15) is 9.59 Å². The van der Waals surface area contributed by atoms with E-state index in [0.29, 0.717) is 5.16 Å². The molecule has 1 aromatic heterocycles. The van der Waals surface area contributed by atoms with Crippen molar-refractivity contribution in [3.05, 3.63) is 5.82 Å². The Labute approximate surface area is 113 Å². The van der Waals surface area contributed by atoms with Gasteiger partial charge in [0.25, 0.3) is 0 Å². The molecule has 0 atom stereocenters. The summed E-state index contributed by atoms with van der Waals surface area (Å²) >= 11 is 0.967. The van der Waals surface area contributed by atoms with Crippen LogP contribution in [-0.2, 0) is 22.7 Å². The van der Waals surface area contributed by atoms with Crippen molar-refractivity contribution in [2.45, 2.75) is 37.2 Å². The molecule has 1 aliphatic carbocycles. The zero-order valence-corrected chi connectivity index (χ0v) is 10.9. The lowest BCUT2D eigenvalue weighted by atomic mass is 10.5. The van der Waals surface area contributed by atoms with Crippen molar-refractivity contribution in [1.29, 1.82) is 0 Å². The van der Waals surface area contributed by atoms with Crippen LogP contribution in [0.4, 0.5) is 0 Å². The fourth-order valence-corrected chi connectivity index (χ4v) is 2.15. The van der Waals surface area contributed by atoms with Gasteiger partial charge in [0.05, 0.1) is 5.75 Å². The maximum absolute atomic E-state index is 11.7. The van der Waals surface area contributed by atoms with Crippen LogP contribution in [0.2, 0.25) is 0 Å². The molecule has 0 aromatic carbocycles. The largest absolute Gasteiger partial charge is 0.481 e. The Morgan fingerprint density at radius 1 is 1.42 bits per heavy atom. The predicted molar refractivity (Wildman–Crippen MR) is 65.5 cm³/mol. The van der Waals surface area contributed by atoms with Gasteiger partial charge in [0.15, 0.2) is 11.0 Å². The Morgan fingerprint density at radius 3 is 2.74 bits per heavy atom. The first-order chi connectivity index (χ1) is 9.10. The molecule has 0 aliphatic heterocycles. The lowest BCUT2D eigenvalue weighted by Gasteiger charge is -2.08. The molecule has 1 aromatic rings. The summed E-state index contributed by atoms with van der Waals surface area (Å²) in [6.45, 7) is -0.362. The van der Waals surface area contributed by atoms with E-state index in [2.05, 4.69) is 15.5 Å². The van der Waals surface area contributed by atoms with Crippen molar-refractivity contribution < 1.29 is 19.8 Å². The minimum atomic E-state index is -0.979. The molecule has 1 aliphatic rings. The highest BCUT2D eigenvalue weighted by atomic mass is 32.2. The second kappa shape index (κ2) is 6.02. The summed E-state index contributed by atoms with van der Waals surface area (Å²) in [5, 5.41) is 28.4. The number of hydrogen-bond donors (Lipinski definition) is 3. The fourth-order valence-electron chi connectivity index (χ4n) is 1.47. The second-order valence-electron chi connectivity index (χ2n) is 4.17. The Balaban J connectivity index is 2.03. The number of nitrogens with zero attached hydrogens (tertiary/aromatic N) is 3. The monoisotopic (exact) mass is 286 g/mol. The number of hydrogen-bond acceptors (Lipinski definition) is 6. The molecule has 3 N–H and O–H groups in total. The summed E-state index contributed by atoms with van der Waals surface area (Å²) in [5.74, 6) is -1.09. The van der Waals surface area contributed by atoms with Gasteiger partial charge in [-0.2, -0.15) is 0 Å². The quantitative estimate of drug-likeness (QED) is 0.563. The molecular formula is C10H14N4O4S. The van der Waals surface area contributed by atoms with Crippen LogP contribution in [0.5, 0.6) is 0 Å². The number of carboxylic acids is 1. The van der Waals surface area contributed by atoms with Gasteiger partial charge in [-0.3, -0.25) is 14.2 Å². The van der Waals surface area contributed by atoms with E-state index in [0.717, 1.165) is 24.6 Å². The number of aliphatic carboxylic acids is 1. The van der Waals surface area contributed by atoms with Crippen LogP contribution in [0.15, 0.2) is 5.16 Å². The second-order valence-corrected chi connectivity index (χ2v) is 5.11. The first kappa shape index (κ1) is 13.8. The molecule has 8 nitrogen and oxygen atoms in total. The molecule has 19 heavy (non-hydrogen) atoms. The molecule has 1 fully saturated rings. The number of amides is 1. The van der Waals surface area contributed by atoms with Crippen molar-refractivity contribution in [3.8, 4) is 0 Å². The van der Waals surface area contributed by atoms with Gasteiger partial charge in [0, 0.05) is 6.04 Å². The molecule has 2 rings (SSSR count). The van der Waals surface area contributed by atoms with Gasteiger partial charge in [-0.05, 0) is 12.8 Å². The summed E-state index contributed by atoms with van der Waals surface area (Å²) in [4.78, 5) is 22.3. The van der Waals surface area contributed by atoms with Gasteiger partial charge in [0.2, 0.25) is 5.91 Å². The number of nitrogens with one attached hydrogen (secondary N) is 1. The molecule has 9 heteroatoms. The number of aliphatic hydroxyl groups excluding tert-OH is 1. The zero-order valence-electron chi connectivity index (χ0n) is 10.1. The lowest BCUT2D eigenvalue weighted by Crippen LogP contribution is -2.30. The summed E-state index contributed by atoms with van der Waals surface area (Å²) in [5.41, 5.74) is 0. The zero-order chi connectivity index (χ0) is 13.8. The number of rotatable bonds is 7. The molecule has 1 heterocycles. The van der Waals surface area contributed by atoms with Crippen LogP contribution < -0.4 is 5.32 Å². The van der Waals surface area contributed by atoms with E-state index in [-0.39, 0.29) is 36.7 Å². The Kier molecular flexibility index (Phi) is 4.38. The van der Waals surface area contributed by atoms with Crippen molar-refractivity contribution >= 4 is 23.6 Å². The molecule has 1 amide bonds. The summed E-state index contributed by atoms with van der Waals surface area (Å²) in [6.07, 6.45) is 1.97. The van der Waals surface area contributed by atoms with E-state index in [4.69, 9.17) is 10.2 Å². The number of aliphatic hydroxyl groups is 1. The first-order valence-electron chi connectivity index (χ1n) is 5.77. The van der Waals surface area contributed by atoms with Gasteiger partial charge in [-0.15, -0.1) is 10.2 Å². The van der Waals surface area contributed by atoms with Crippen LogP contribution in [0.25, 0.3) is 0 Å². The van der Waals surface area contributed by atoms with Crippen LogP contribution >= 0.6 is 11.8 Å². The predicted octanol–water partition coefficient (Wildman–Crippen LogP) is -0.774. The third-order valence-corrected chi connectivity index (χ3v) is 3.46. The van der Waals surface area contributed by atoms with E-state index >= 15 is 0 Å². The molecule has 0 saturated heterocycles. The van der Waals surface area contributed by atoms with Crippen LogP contribution in [0.3, 0.4) is 0 Å².